The van der Waals surface area contributed by atoms with Crippen LogP contribution in [0.15, 0.2) is 0 Å². The van der Waals surface area contributed by atoms with E-state index in [1.165, 1.54) is 0 Å². The van der Waals surface area contributed by atoms with Crippen LogP contribution in [0, 0.1) is 0 Å². The summed E-state index contributed by atoms with van der Waals surface area (Å²) in [5.74, 6) is -5.97. The number of imide groups is 6. The molecule has 2 saturated heterocycles. The molecule has 0 N–H and O–H groups in total. The minimum atomic E-state index is -1.21. The molecule has 0 aliphatic carbocycles. The molecule has 9 heteroatoms. The van der Waals surface area contributed by atoms with Gasteiger partial charge in [0.1, 0.15) is 0 Å². The third-order valence-corrected chi connectivity index (χ3v) is 3.36. The first-order chi connectivity index (χ1) is 10.3. The normalized spacial score (nSPS) is 19.2. The molecule has 0 aromatic carbocycles. The number of Topliss-reactive ketones (excluding diaryl/α,β-unsaturated/α-hetero) is 1. The molecule has 0 unspecified atom stereocenters. The Morgan fingerprint density at radius 1 is 0.682 bits per heavy atom. The van der Waals surface area contributed by atoms with Crippen LogP contribution in [0.2, 0.25) is 0 Å². The third-order valence-electron chi connectivity index (χ3n) is 3.36. The van der Waals surface area contributed by atoms with Crippen molar-refractivity contribution in [1.29, 1.82) is 0 Å². The van der Waals surface area contributed by atoms with E-state index in [-0.39, 0.29) is 30.6 Å². The lowest BCUT2D eigenvalue weighted by molar-refractivity contribution is -0.162. The molecule has 116 valence electrons. The molecule has 0 saturated carbocycles. The van der Waals surface area contributed by atoms with Crippen LogP contribution in [0.5, 0.6) is 0 Å². The third kappa shape index (κ3) is 2.83. The minimum Gasteiger partial charge on any atom is -0.289 e. The van der Waals surface area contributed by atoms with E-state index in [4.69, 9.17) is 0 Å². The molecule has 2 fully saturated rings. The number of likely N-dealkylation sites (tertiary alicyclic amines) is 2. The van der Waals surface area contributed by atoms with Crippen molar-refractivity contribution in [3.8, 4) is 0 Å². The zero-order valence-electron chi connectivity index (χ0n) is 11.5. The fourth-order valence-electron chi connectivity index (χ4n) is 2.22. The van der Waals surface area contributed by atoms with Crippen LogP contribution in [0.4, 0.5) is 0 Å². The Hall–Kier alpha value is -2.71. The fourth-order valence-corrected chi connectivity index (χ4v) is 2.22. The highest BCUT2D eigenvalue weighted by atomic mass is 16.2. The maximum Gasteiger partial charge on any atom is 0.303 e. The van der Waals surface area contributed by atoms with Gasteiger partial charge in [-0.3, -0.25) is 33.6 Å². The van der Waals surface area contributed by atoms with Gasteiger partial charge < -0.3 is 0 Å². The summed E-state index contributed by atoms with van der Waals surface area (Å²) in [5, 5.41) is 0. The Labute approximate surface area is 124 Å². The van der Waals surface area contributed by atoms with Gasteiger partial charge >= 0.3 is 5.91 Å². The number of hydrogen-bond acceptors (Lipinski definition) is 7. The summed E-state index contributed by atoms with van der Waals surface area (Å²) in [6, 6.07) is 0. The van der Waals surface area contributed by atoms with Gasteiger partial charge in [0.25, 0.3) is 0 Å². The first-order valence-electron chi connectivity index (χ1n) is 6.64. The van der Waals surface area contributed by atoms with Gasteiger partial charge in [0.2, 0.25) is 35.3 Å². The Morgan fingerprint density at radius 2 is 1.09 bits per heavy atom. The smallest absolute Gasteiger partial charge is 0.289 e. The van der Waals surface area contributed by atoms with Crippen molar-refractivity contribution in [2.45, 2.75) is 38.5 Å². The van der Waals surface area contributed by atoms with E-state index in [0.717, 1.165) is 0 Å². The zero-order chi connectivity index (χ0) is 16.4. The lowest BCUT2D eigenvalue weighted by Gasteiger charge is -2.22. The topological polar surface area (TPSA) is 126 Å². The summed E-state index contributed by atoms with van der Waals surface area (Å²) in [4.78, 5) is 81.3. The number of amides is 6. The van der Waals surface area contributed by atoms with Crippen LogP contribution in [0.1, 0.15) is 38.5 Å². The summed E-state index contributed by atoms with van der Waals surface area (Å²) < 4.78 is 0. The predicted molar refractivity (Wildman–Crippen MR) is 66.4 cm³/mol. The molecule has 2 rings (SSSR count). The first kappa shape index (κ1) is 15.7. The largest absolute Gasteiger partial charge is 0.303 e. The van der Waals surface area contributed by atoms with Gasteiger partial charge in [-0.05, 0) is 0 Å². The summed E-state index contributed by atoms with van der Waals surface area (Å²) >= 11 is 0. The Balaban J connectivity index is 1.97. The summed E-state index contributed by atoms with van der Waals surface area (Å²) in [6.07, 6.45) is -1.64. The Morgan fingerprint density at radius 3 is 1.64 bits per heavy atom. The maximum absolute atomic E-state index is 11.8. The molecule has 0 spiro atoms. The highest BCUT2D eigenvalue weighted by molar-refractivity contribution is 6.44. The molecular formula is C13H12N2O7. The zero-order valence-corrected chi connectivity index (χ0v) is 11.5. The summed E-state index contributed by atoms with van der Waals surface area (Å²) in [7, 11) is 0. The molecule has 0 radical (unpaired) electrons. The van der Waals surface area contributed by atoms with Crippen LogP contribution in [-0.4, -0.2) is 51.0 Å². The van der Waals surface area contributed by atoms with Crippen molar-refractivity contribution in [3.05, 3.63) is 0 Å². The number of rotatable bonds is 3. The molecule has 22 heavy (non-hydrogen) atoms. The predicted octanol–water partition coefficient (Wildman–Crippen LogP) is -1.31. The number of piperidine rings is 1. The molecule has 2 heterocycles. The number of carbonyl (C=O) groups excluding carboxylic acids is 7. The van der Waals surface area contributed by atoms with Gasteiger partial charge in [0, 0.05) is 38.5 Å². The van der Waals surface area contributed by atoms with Crippen molar-refractivity contribution in [2.75, 3.05) is 0 Å². The van der Waals surface area contributed by atoms with Crippen molar-refractivity contribution < 1.29 is 33.6 Å². The van der Waals surface area contributed by atoms with Gasteiger partial charge in [-0.15, -0.1) is 0 Å². The molecule has 2 aliphatic heterocycles. The Kier molecular flexibility index (Phi) is 4.25. The van der Waals surface area contributed by atoms with Gasteiger partial charge in [-0.2, -0.15) is 0 Å². The average Bonchev–Trinajstić information content (AvgIpc) is 2.80. The highest BCUT2D eigenvalue weighted by Gasteiger charge is 2.38. The monoisotopic (exact) mass is 308 g/mol. The van der Waals surface area contributed by atoms with Gasteiger partial charge in [-0.25, -0.2) is 9.80 Å². The quantitative estimate of drug-likeness (QED) is 0.468. The molecule has 6 amide bonds. The van der Waals surface area contributed by atoms with E-state index in [2.05, 4.69) is 0 Å². The minimum absolute atomic E-state index is 0.0594. The van der Waals surface area contributed by atoms with Gasteiger partial charge in [0.15, 0.2) is 0 Å². The second-order valence-electron chi connectivity index (χ2n) is 4.87. The molecule has 0 atom stereocenters. The Bertz CT molecular complexity index is 606. The number of ketones is 1. The van der Waals surface area contributed by atoms with Crippen LogP contribution in [-0.2, 0) is 33.6 Å². The summed E-state index contributed by atoms with van der Waals surface area (Å²) in [6.45, 7) is 0. The lowest BCUT2D eigenvalue weighted by atomic mass is 10.1. The van der Waals surface area contributed by atoms with Crippen LogP contribution < -0.4 is 0 Å². The van der Waals surface area contributed by atoms with Crippen molar-refractivity contribution in [1.82, 2.24) is 9.80 Å². The van der Waals surface area contributed by atoms with Crippen LogP contribution in [0.25, 0.3) is 0 Å². The van der Waals surface area contributed by atoms with Crippen LogP contribution >= 0.6 is 0 Å². The van der Waals surface area contributed by atoms with E-state index < -0.39 is 54.1 Å². The van der Waals surface area contributed by atoms with Gasteiger partial charge in [-0.1, -0.05) is 0 Å². The number of hydrogen-bond donors (Lipinski definition) is 0. The van der Waals surface area contributed by atoms with E-state index in [0.29, 0.717) is 4.90 Å². The maximum atomic E-state index is 11.8. The van der Waals surface area contributed by atoms with Crippen molar-refractivity contribution >= 4 is 41.2 Å². The molecule has 2 aliphatic rings. The highest BCUT2D eigenvalue weighted by Crippen LogP contribution is 2.16. The van der Waals surface area contributed by atoms with E-state index in [1.807, 2.05) is 0 Å². The fraction of sp³-hybridized carbons (Fsp3) is 0.462. The van der Waals surface area contributed by atoms with Crippen LogP contribution in [0.3, 0.4) is 0 Å². The van der Waals surface area contributed by atoms with Crippen molar-refractivity contribution in [3.63, 3.8) is 0 Å². The molecular weight excluding hydrogens is 296 g/mol. The first-order valence-corrected chi connectivity index (χ1v) is 6.64. The molecule has 0 aromatic heterocycles. The summed E-state index contributed by atoms with van der Waals surface area (Å²) in [5.41, 5.74) is 0. The average molecular weight is 308 g/mol. The second kappa shape index (κ2) is 5.96. The lowest BCUT2D eigenvalue weighted by Crippen LogP contribution is -2.49. The number of nitrogens with zero attached hydrogens (tertiary/aromatic N) is 2. The van der Waals surface area contributed by atoms with Crippen molar-refractivity contribution in [2.24, 2.45) is 0 Å². The van der Waals surface area contributed by atoms with E-state index in [1.54, 1.807) is 0 Å². The van der Waals surface area contributed by atoms with E-state index >= 15 is 0 Å². The standard InChI is InChI=1S/C13H12N2O7/c16-7-1-2-11(20)15(13(7)22)12(21)6-5-10(19)14-8(17)3-4-9(14)18/h1-6H2. The number of carbonyl (C=O) groups is 7. The SMILES string of the molecule is O=C1CCC(=O)N(C(=O)CCC(=O)N2C(=O)CCC2=O)C1=O. The molecule has 9 nitrogen and oxygen atoms in total. The second-order valence-corrected chi connectivity index (χ2v) is 4.87. The molecule has 0 aromatic rings. The molecule has 0 bridgehead atoms. The van der Waals surface area contributed by atoms with E-state index in [9.17, 15) is 33.6 Å². The van der Waals surface area contributed by atoms with Gasteiger partial charge in [0.05, 0.1) is 0 Å².